The molecular weight excluding hydrogens is 424 g/mol. The number of anilines is 1. The monoisotopic (exact) mass is 440 g/mol. The second kappa shape index (κ2) is 7.59. The van der Waals surface area contributed by atoms with E-state index in [4.69, 9.17) is 11.6 Å². The Labute approximate surface area is 181 Å². The first kappa shape index (κ1) is 20.1. The van der Waals surface area contributed by atoms with Crippen LogP contribution in [0.25, 0.3) is 0 Å². The SMILES string of the molecule is Cc1nc(C)c(C(=O)C2=C(O)C(=O)N(c3cccc(Cl)c3)C2c2cccc(O)c2)s1. The van der Waals surface area contributed by atoms with Crippen LogP contribution in [-0.4, -0.2) is 26.9 Å². The molecule has 0 bridgehead atoms. The molecule has 1 aliphatic rings. The Kier molecular flexibility index (Phi) is 5.09. The maximum absolute atomic E-state index is 13.4. The lowest BCUT2D eigenvalue weighted by molar-refractivity contribution is -0.117. The fourth-order valence-corrected chi connectivity index (χ4v) is 4.66. The summed E-state index contributed by atoms with van der Waals surface area (Å²) in [7, 11) is 0. The molecular formula is C22H17ClN2O4S. The molecule has 0 spiro atoms. The zero-order valence-corrected chi connectivity index (χ0v) is 17.7. The van der Waals surface area contributed by atoms with Gasteiger partial charge in [0.1, 0.15) is 5.75 Å². The minimum Gasteiger partial charge on any atom is -0.508 e. The summed E-state index contributed by atoms with van der Waals surface area (Å²) in [6.45, 7) is 3.50. The van der Waals surface area contributed by atoms with Crippen LogP contribution >= 0.6 is 22.9 Å². The van der Waals surface area contributed by atoms with Gasteiger partial charge in [0, 0.05) is 10.7 Å². The average Bonchev–Trinajstić information content (AvgIpc) is 3.17. The van der Waals surface area contributed by atoms with Crippen LogP contribution in [0, 0.1) is 13.8 Å². The Hall–Kier alpha value is -3.16. The number of aromatic hydroxyl groups is 1. The Morgan fingerprint density at radius 1 is 1.13 bits per heavy atom. The quantitative estimate of drug-likeness (QED) is 0.563. The largest absolute Gasteiger partial charge is 0.508 e. The number of aromatic nitrogens is 1. The van der Waals surface area contributed by atoms with Crippen molar-refractivity contribution in [2.45, 2.75) is 19.9 Å². The van der Waals surface area contributed by atoms with Crippen LogP contribution in [0.4, 0.5) is 5.69 Å². The van der Waals surface area contributed by atoms with E-state index in [0.29, 0.717) is 31.9 Å². The Morgan fingerprint density at radius 3 is 2.50 bits per heavy atom. The van der Waals surface area contributed by atoms with Gasteiger partial charge in [-0.05, 0) is 49.7 Å². The van der Waals surface area contributed by atoms with Crippen molar-refractivity contribution in [2.24, 2.45) is 0 Å². The van der Waals surface area contributed by atoms with Crippen LogP contribution in [0.1, 0.15) is 32.0 Å². The molecule has 0 fully saturated rings. The van der Waals surface area contributed by atoms with Gasteiger partial charge in [0.2, 0.25) is 5.78 Å². The van der Waals surface area contributed by atoms with Crippen molar-refractivity contribution >= 4 is 40.3 Å². The number of benzene rings is 2. The zero-order chi connectivity index (χ0) is 21.6. The van der Waals surface area contributed by atoms with Gasteiger partial charge >= 0.3 is 0 Å². The summed E-state index contributed by atoms with van der Waals surface area (Å²) in [6, 6.07) is 11.9. The van der Waals surface area contributed by atoms with Gasteiger partial charge in [-0.15, -0.1) is 11.3 Å². The Bertz CT molecular complexity index is 1220. The molecule has 30 heavy (non-hydrogen) atoms. The van der Waals surface area contributed by atoms with Gasteiger partial charge in [-0.3, -0.25) is 14.5 Å². The van der Waals surface area contributed by atoms with Crippen molar-refractivity contribution in [2.75, 3.05) is 4.90 Å². The number of aryl methyl sites for hydroxylation is 2. The van der Waals surface area contributed by atoms with E-state index in [9.17, 15) is 19.8 Å². The van der Waals surface area contributed by atoms with Crippen LogP contribution in [0.5, 0.6) is 5.75 Å². The van der Waals surface area contributed by atoms with E-state index in [2.05, 4.69) is 4.98 Å². The van der Waals surface area contributed by atoms with Gasteiger partial charge < -0.3 is 10.2 Å². The third-order valence-electron chi connectivity index (χ3n) is 4.83. The molecule has 3 aromatic rings. The van der Waals surface area contributed by atoms with Crippen molar-refractivity contribution in [1.82, 2.24) is 4.98 Å². The highest BCUT2D eigenvalue weighted by Crippen LogP contribution is 2.43. The first-order chi connectivity index (χ1) is 14.3. The van der Waals surface area contributed by atoms with Crippen molar-refractivity contribution in [1.29, 1.82) is 0 Å². The lowest BCUT2D eigenvalue weighted by atomic mass is 9.94. The molecule has 2 aromatic carbocycles. The Balaban J connectivity index is 1.92. The highest BCUT2D eigenvalue weighted by Gasteiger charge is 2.45. The van der Waals surface area contributed by atoms with Crippen molar-refractivity contribution in [3.05, 3.63) is 86.0 Å². The number of amides is 1. The fraction of sp³-hybridized carbons (Fsp3) is 0.136. The number of halogens is 1. The summed E-state index contributed by atoms with van der Waals surface area (Å²) < 4.78 is 0. The zero-order valence-electron chi connectivity index (χ0n) is 16.1. The molecule has 2 heterocycles. The highest BCUT2D eigenvalue weighted by atomic mass is 35.5. The summed E-state index contributed by atoms with van der Waals surface area (Å²) >= 11 is 7.32. The summed E-state index contributed by atoms with van der Waals surface area (Å²) in [6.07, 6.45) is 0. The predicted octanol–water partition coefficient (Wildman–Crippen LogP) is 4.90. The lowest BCUT2D eigenvalue weighted by Crippen LogP contribution is -2.31. The van der Waals surface area contributed by atoms with Crippen LogP contribution < -0.4 is 4.90 Å². The molecule has 1 aliphatic heterocycles. The third kappa shape index (κ3) is 3.36. The number of ketones is 1. The van der Waals surface area contributed by atoms with Gasteiger partial charge in [-0.2, -0.15) is 0 Å². The van der Waals surface area contributed by atoms with E-state index >= 15 is 0 Å². The average molecular weight is 441 g/mol. The molecule has 1 aromatic heterocycles. The smallest absolute Gasteiger partial charge is 0.294 e. The number of rotatable bonds is 4. The van der Waals surface area contributed by atoms with Crippen molar-refractivity contribution in [3.8, 4) is 5.75 Å². The van der Waals surface area contributed by atoms with Crippen molar-refractivity contribution in [3.63, 3.8) is 0 Å². The molecule has 1 amide bonds. The molecule has 0 radical (unpaired) electrons. The number of Topliss-reactive ketones (excluding diaryl/α,β-unsaturated/α-hetero) is 1. The summed E-state index contributed by atoms with van der Waals surface area (Å²) in [5.41, 5.74) is 1.38. The van der Waals surface area contributed by atoms with Crippen LogP contribution in [0.3, 0.4) is 0 Å². The number of carbonyl (C=O) groups is 2. The van der Waals surface area contributed by atoms with Crippen molar-refractivity contribution < 1.29 is 19.8 Å². The van der Waals surface area contributed by atoms with Gasteiger partial charge in [-0.1, -0.05) is 29.8 Å². The highest BCUT2D eigenvalue weighted by molar-refractivity contribution is 7.14. The van der Waals surface area contributed by atoms with Crippen LogP contribution in [0.15, 0.2) is 59.9 Å². The van der Waals surface area contributed by atoms with E-state index in [1.54, 1.807) is 50.2 Å². The molecule has 1 atom stereocenters. The number of phenolic OH excluding ortho intramolecular Hbond substituents is 1. The van der Waals surface area contributed by atoms with Crippen LogP contribution in [-0.2, 0) is 4.79 Å². The number of phenols is 1. The molecule has 152 valence electrons. The molecule has 0 aliphatic carbocycles. The Morgan fingerprint density at radius 2 is 1.87 bits per heavy atom. The molecule has 2 N–H and O–H groups in total. The van der Waals surface area contributed by atoms with E-state index < -0.39 is 23.5 Å². The van der Waals surface area contributed by atoms with Gasteiger partial charge in [0.15, 0.2) is 5.76 Å². The number of aliphatic hydroxyl groups is 1. The summed E-state index contributed by atoms with van der Waals surface area (Å²) in [5.74, 6) is -1.83. The van der Waals surface area contributed by atoms with E-state index in [-0.39, 0.29) is 11.3 Å². The number of nitrogens with zero attached hydrogens (tertiary/aromatic N) is 2. The first-order valence-electron chi connectivity index (χ1n) is 9.08. The first-order valence-corrected chi connectivity index (χ1v) is 10.3. The number of hydrogen-bond donors (Lipinski definition) is 2. The van der Waals surface area contributed by atoms with Crippen LogP contribution in [0.2, 0.25) is 5.02 Å². The minimum absolute atomic E-state index is 0.0194. The van der Waals surface area contributed by atoms with Gasteiger partial charge in [0.25, 0.3) is 5.91 Å². The molecule has 0 saturated carbocycles. The molecule has 0 saturated heterocycles. The third-order valence-corrected chi connectivity index (χ3v) is 6.14. The standard InChI is InChI=1S/C22H17ClN2O4S/c1-11-21(30-12(2)24-11)19(27)17-18(13-5-3-8-16(26)9-13)25(22(29)20(17)28)15-7-4-6-14(23)10-15/h3-10,18,26,28H,1-2H3. The molecule has 4 rings (SSSR count). The van der Waals surface area contributed by atoms with Gasteiger partial charge in [0.05, 0.1) is 27.2 Å². The maximum atomic E-state index is 13.4. The predicted molar refractivity (Wildman–Crippen MR) is 115 cm³/mol. The van der Waals surface area contributed by atoms with E-state index in [1.165, 1.54) is 28.4 Å². The summed E-state index contributed by atoms with van der Waals surface area (Å²) in [5, 5.41) is 21.9. The molecule has 1 unspecified atom stereocenters. The number of thiazole rings is 1. The minimum atomic E-state index is -0.933. The lowest BCUT2D eigenvalue weighted by Gasteiger charge is -2.27. The second-order valence-electron chi connectivity index (χ2n) is 6.89. The number of aliphatic hydroxyl groups excluding tert-OH is 1. The number of hydrogen-bond acceptors (Lipinski definition) is 6. The normalized spacial score (nSPS) is 16.4. The molecule has 8 heteroatoms. The molecule has 6 nitrogen and oxygen atoms in total. The van der Waals surface area contributed by atoms with Gasteiger partial charge in [-0.25, -0.2) is 4.98 Å². The van der Waals surface area contributed by atoms with E-state index in [0.717, 1.165) is 0 Å². The summed E-state index contributed by atoms with van der Waals surface area (Å²) in [4.78, 5) is 32.5. The van der Waals surface area contributed by atoms with E-state index in [1.807, 2.05) is 0 Å². The topological polar surface area (TPSA) is 90.7 Å². The second-order valence-corrected chi connectivity index (χ2v) is 8.53. The fourth-order valence-electron chi connectivity index (χ4n) is 3.60. The maximum Gasteiger partial charge on any atom is 0.294 e. The number of carbonyl (C=O) groups excluding carboxylic acids is 2.